The van der Waals surface area contributed by atoms with Crippen molar-refractivity contribution in [3.05, 3.63) is 30.0 Å². The molecule has 3 N–H and O–H groups in total. The first-order chi connectivity index (χ1) is 8.86. The minimum absolute atomic E-state index is 0.0689. The third kappa shape index (κ3) is 2.30. The summed E-state index contributed by atoms with van der Waals surface area (Å²) in [5.74, 6) is 0.789. The van der Waals surface area contributed by atoms with Gasteiger partial charge in [0.05, 0.1) is 6.20 Å². The number of rotatable bonds is 3. The zero-order valence-corrected chi connectivity index (χ0v) is 11.9. The molecule has 0 aliphatic heterocycles. The number of benzene rings is 1. The van der Waals surface area contributed by atoms with Crippen LogP contribution in [-0.4, -0.2) is 14.9 Å². The number of nitrogen functional groups attached to an aromatic ring is 1. The fourth-order valence-corrected chi connectivity index (χ4v) is 2.03. The average Bonchev–Trinajstić information content (AvgIpc) is 2.70. The number of aryl methyl sites for hydroxylation is 1. The first-order valence-corrected chi connectivity index (χ1v) is 6.48. The number of hydrogen-bond donors (Lipinski definition) is 2. The number of phenolic OH excluding ortho intramolecular Hbond substituents is 1. The summed E-state index contributed by atoms with van der Waals surface area (Å²) < 4.78 is 1.60. The van der Waals surface area contributed by atoms with Gasteiger partial charge in [0, 0.05) is 18.2 Å². The quantitative estimate of drug-likeness (QED) is 0.890. The van der Waals surface area contributed by atoms with Gasteiger partial charge in [0.2, 0.25) is 0 Å². The number of aromatic nitrogens is 2. The predicted octanol–water partition coefficient (Wildman–Crippen LogP) is 3.06. The molecule has 4 heteroatoms. The van der Waals surface area contributed by atoms with E-state index in [1.54, 1.807) is 24.0 Å². The molecule has 0 atom stereocenters. The number of hydrogen-bond acceptors (Lipinski definition) is 3. The number of anilines is 1. The lowest BCUT2D eigenvalue weighted by Crippen LogP contribution is -2.15. The SMILES string of the molecule is CCC(C)(C)c1ccc(O)c(-c2cnn(C)c2N)c1. The minimum Gasteiger partial charge on any atom is -0.507 e. The van der Waals surface area contributed by atoms with E-state index in [0.29, 0.717) is 5.82 Å². The van der Waals surface area contributed by atoms with Crippen LogP contribution in [0.5, 0.6) is 5.75 Å². The molecule has 0 bridgehead atoms. The van der Waals surface area contributed by atoms with Crippen LogP contribution < -0.4 is 5.73 Å². The Morgan fingerprint density at radius 1 is 1.32 bits per heavy atom. The largest absolute Gasteiger partial charge is 0.507 e. The lowest BCUT2D eigenvalue weighted by Gasteiger charge is -2.24. The third-order valence-electron chi connectivity index (χ3n) is 3.94. The molecule has 0 radical (unpaired) electrons. The van der Waals surface area contributed by atoms with E-state index in [0.717, 1.165) is 17.5 Å². The van der Waals surface area contributed by atoms with Gasteiger partial charge in [-0.2, -0.15) is 5.10 Å². The smallest absolute Gasteiger partial charge is 0.129 e. The van der Waals surface area contributed by atoms with Crippen LogP contribution in [0.4, 0.5) is 5.82 Å². The third-order valence-corrected chi connectivity index (χ3v) is 3.94. The van der Waals surface area contributed by atoms with Crippen molar-refractivity contribution < 1.29 is 5.11 Å². The molecular weight excluding hydrogens is 238 g/mol. The molecule has 0 unspecified atom stereocenters. The van der Waals surface area contributed by atoms with Gasteiger partial charge in [-0.3, -0.25) is 4.68 Å². The second-order valence-corrected chi connectivity index (χ2v) is 5.54. The zero-order valence-electron chi connectivity index (χ0n) is 11.9. The van der Waals surface area contributed by atoms with Crippen LogP contribution in [0.15, 0.2) is 24.4 Å². The van der Waals surface area contributed by atoms with E-state index in [4.69, 9.17) is 5.73 Å². The summed E-state index contributed by atoms with van der Waals surface area (Å²) in [5, 5.41) is 14.2. The van der Waals surface area contributed by atoms with Crippen LogP contribution in [0, 0.1) is 0 Å². The van der Waals surface area contributed by atoms with Crippen LogP contribution in [0.25, 0.3) is 11.1 Å². The van der Waals surface area contributed by atoms with Crippen LogP contribution in [0.3, 0.4) is 0 Å². The molecule has 0 amide bonds. The Balaban J connectivity index is 2.58. The minimum atomic E-state index is 0.0689. The van der Waals surface area contributed by atoms with Gasteiger partial charge in [0.1, 0.15) is 11.6 Å². The van der Waals surface area contributed by atoms with Crippen molar-refractivity contribution in [3.8, 4) is 16.9 Å². The lowest BCUT2D eigenvalue weighted by atomic mass is 9.81. The highest BCUT2D eigenvalue weighted by atomic mass is 16.3. The van der Waals surface area contributed by atoms with Gasteiger partial charge in [-0.05, 0) is 29.5 Å². The molecule has 4 nitrogen and oxygen atoms in total. The molecule has 102 valence electrons. The summed E-state index contributed by atoms with van der Waals surface area (Å²) in [6, 6.07) is 5.70. The summed E-state index contributed by atoms with van der Waals surface area (Å²) >= 11 is 0. The van der Waals surface area contributed by atoms with Crippen LogP contribution >= 0.6 is 0 Å². The van der Waals surface area contributed by atoms with E-state index in [9.17, 15) is 5.11 Å². The molecule has 1 heterocycles. The summed E-state index contributed by atoms with van der Waals surface area (Å²) in [6.45, 7) is 6.54. The normalized spacial score (nSPS) is 11.8. The Morgan fingerprint density at radius 2 is 2.00 bits per heavy atom. The summed E-state index contributed by atoms with van der Waals surface area (Å²) in [6.07, 6.45) is 2.72. The average molecular weight is 259 g/mol. The fourth-order valence-electron chi connectivity index (χ4n) is 2.03. The molecule has 0 spiro atoms. The van der Waals surface area contributed by atoms with Crippen LogP contribution in [-0.2, 0) is 12.5 Å². The maximum atomic E-state index is 10.1. The Kier molecular flexibility index (Phi) is 3.27. The van der Waals surface area contributed by atoms with Crippen molar-refractivity contribution in [3.63, 3.8) is 0 Å². The van der Waals surface area contributed by atoms with E-state index in [1.165, 1.54) is 5.56 Å². The molecule has 19 heavy (non-hydrogen) atoms. The molecule has 1 aromatic heterocycles. The second kappa shape index (κ2) is 4.61. The van der Waals surface area contributed by atoms with Crippen LogP contribution in [0.2, 0.25) is 0 Å². The standard InChI is InChI=1S/C15H21N3O/c1-5-15(2,3)10-6-7-13(19)11(8-10)12-9-17-18(4)14(12)16/h6-9,19H,5,16H2,1-4H3. The molecule has 2 aromatic rings. The highest BCUT2D eigenvalue weighted by Gasteiger charge is 2.20. The number of nitrogens with two attached hydrogens (primary N) is 1. The summed E-state index contributed by atoms with van der Waals surface area (Å²) in [7, 11) is 1.79. The van der Waals surface area contributed by atoms with Crippen molar-refractivity contribution in [1.82, 2.24) is 9.78 Å². The highest BCUT2D eigenvalue weighted by molar-refractivity contribution is 5.78. The summed E-state index contributed by atoms with van der Waals surface area (Å²) in [5.41, 5.74) is 8.75. The first-order valence-electron chi connectivity index (χ1n) is 6.48. The van der Waals surface area contributed by atoms with E-state index >= 15 is 0 Å². The molecule has 0 saturated heterocycles. The van der Waals surface area contributed by atoms with Gasteiger partial charge in [0.25, 0.3) is 0 Å². The zero-order chi connectivity index (χ0) is 14.2. The van der Waals surface area contributed by atoms with E-state index in [2.05, 4.69) is 25.9 Å². The highest BCUT2D eigenvalue weighted by Crippen LogP contribution is 2.37. The Hall–Kier alpha value is -1.97. The van der Waals surface area contributed by atoms with Gasteiger partial charge < -0.3 is 10.8 Å². The Morgan fingerprint density at radius 3 is 2.53 bits per heavy atom. The molecule has 0 aliphatic rings. The molecular formula is C15H21N3O. The topological polar surface area (TPSA) is 64.1 Å². The predicted molar refractivity (Wildman–Crippen MR) is 78.0 cm³/mol. The maximum absolute atomic E-state index is 10.1. The lowest BCUT2D eigenvalue weighted by molar-refractivity contribution is 0.473. The number of phenols is 1. The number of aromatic hydroxyl groups is 1. The van der Waals surface area contributed by atoms with Gasteiger partial charge in [-0.1, -0.05) is 26.8 Å². The van der Waals surface area contributed by atoms with E-state index in [1.807, 2.05) is 12.1 Å². The summed E-state index contributed by atoms with van der Waals surface area (Å²) in [4.78, 5) is 0. The van der Waals surface area contributed by atoms with Gasteiger partial charge in [-0.15, -0.1) is 0 Å². The molecule has 0 aliphatic carbocycles. The first kappa shape index (κ1) is 13.5. The van der Waals surface area contributed by atoms with E-state index in [-0.39, 0.29) is 11.2 Å². The maximum Gasteiger partial charge on any atom is 0.129 e. The molecule has 2 rings (SSSR count). The Bertz CT molecular complexity index is 599. The monoisotopic (exact) mass is 259 g/mol. The molecule has 0 fully saturated rings. The van der Waals surface area contributed by atoms with Gasteiger partial charge >= 0.3 is 0 Å². The van der Waals surface area contributed by atoms with Gasteiger partial charge in [0.15, 0.2) is 0 Å². The fraction of sp³-hybridized carbons (Fsp3) is 0.400. The second-order valence-electron chi connectivity index (χ2n) is 5.54. The van der Waals surface area contributed by atoms with Crippen molar-refractivity contribution in [2.75, 3.05) is 5.73 Å². The van der Waals surface area contributed by atoms with Gasteiger partial charge in [-0.25, -0.2) is 0 Å². The van der Waals surface area contributed by atoms with Crippen molar-refractivity contribution in [2.24, 2.45) is 7.05 Å². The van der Waals surface area contributed by atoms with E-state index < -0.39 is 0 Å². The number of nitrogens with zero attached hydrogens (tertiary/aromatic N) is 2. The van der Waals surface area contributed by atoms with Crippen molar-refractivity contribution in [1.29, 1.82) is 0 Å². The van der Waals surface area contributed by atoms with Crippen molar-refractivity contribution >= 4 is 5.82 Å². The molecule has 1 aromatic carbocycles. The van der Waals surface area contributed by atoms with Crippen LogP contribution in [0.1, 0.15) is 32.8 Å². The Labute approximate surface area is 113 Å². The van der Waals surface area contributed by atoms with Crippen molar-refractivity contribution in [2.45, 2.75) is 32.6 Å². The molecule has 0 saturated carbocycles.